The van der Waals surface area contributed by atoms with Crippen LogP contribution in [0.5, 0.6) is 0 Å². The molecule has 0 spiro atoms. The van der Waals surface area contributed by atoms with Gasteiger partial charge in [0.2, 0.25) is 0 Å². The van der Waals surface area contributed by atoms with Crippen LogP contribution in [0.1, 0.15) is 28.3 Å². The van der Waals surface area contributed by atoms with Crippen molar-refractivity contribution in [2.75, 3.05) is 5.32 Å². The van der Waals surface area contributed by atoms with Crippen molar-refractivity contribution in [1.29, 1.82) is 0 Å². The average Bonchev–Trinajstić information content (AvgIpc) is 2.63. The van der Waals surface area contributed by atoms with Crippen LogP contribution in [-0.2, 0) is 0 Å². The first kappa shape index (κ1) is 17.2. The molecule has 3 aromatic rings. The van der Waals surface area contributed by atoms with E-state index in [1.54, 1.807) is 0 Å². The van der Waals surface area contributed by atoms with Gasteiger partial charge in [-0.05, 0) is 48.8 Å². The van der Waals surface area contributed by atoms with Crippen molar-refractivity contribution in [3.8, 4) is 0 Å². The van der Waals surface area contributed by atoms with E-state index in [2.05, 4.69) is 79.1 Å². The zero-order chi connectivity index (χ0) is 17.6. The highest BCUT2D eigenvalue weighted by molar-refractivity contribution is 7.80. The summed E-state index contributed by atoms with van der Waals surface area (Å²) in [5.41, 5.74) is 5.80. The lowest BCUT2D eigenvalue weighted by Gasteiger charge is -2.22. The van der Waals surface area contributed by atoms with Crippen LogP contribution in [0, 0.1) is 13.8 Å². The number of nitrogens with one attached hydrogen (secondary N) is 2. The first-order chi connectivity index (χ1) is 12.1. The molecule has 0 bridgehead atoms. The molecule has 2 N–H and O–H groups in total. The highest BCUT2D eigenvalue weighted by atomic mass is 32.1. The molecule has 3 heteroatoms. The second-order valence-corrected chi connectivity index (χ2v) is 6.58. The zero-order valence-corrected chi connectivity index (χ0v) is 15.3. The Morgan fingerprint density at radius 2 is 1.36 bits per heavy atom. The van der Waals surface area contributed by atoms with Crippen LogP contribution in [0.3, 0.4) is 0 Å². The Balaban J connectivity index is 1.84. The van der Waals surface area contributed by atoms with E-state index in [4.69, 9.17) is 12.2 Å². The maximum absolute atomic E-state index is 5.58. The monoisotopic (exact) mass is 346 g/mol. The molecule has 0 unspecified atom stereocenters. The van der Waals surface area contributed by atoms with Crippen LogP contribution < -0.4 is 10.6 Å². The van der Waals surface area contributed by atoms with Gasteiger partial charge in [-0.2, -0.15) is 0 Å². The number of aryl methyl sites for hydroxylation is 2. The summed E-state index contributed by atoms with van der Waals surface area (Å²) in [7, 11) is 0. The Morgan fingerprint density at radius 1 is 0.760 bits per heavy atom. The minimum absolute atomic E-state index is 0.00539. The third-order valence-corrected chi connectivity index (χ3v) is 4.43. The minimum Gasteiger partial charge on any atom is -0.352 e. The number of benzene rings is 3. The van der Waals surface area contributed by atoms with Crippen molar-refractivity contribution in [2.24, 2.45) is 0 Å². The van der Waals surface area contributed by atoms with Gasteiger partial charge < -0.3 is 10.6 Å². The smallest absolute Gasteiger partial charge is 0.171 e. The van der Waals surface area contributed by atoms with Gasteiger partial charge >= 0.3 is 0 Å². The molecule has 0 heterocycles. The van der Waals surface area contributed by atoms with Gasteiger partial charge in [-0.25, -0.2) is 0 Å². The molecule has 0 aliphatic rings. The SMILES string of the molecule is Cc1ccc([C@@H](NC(=S)Nc2ccccc2C)c2ccccc2)cc1. The summed E-state index contributed by atoms with van der Waals surface area (Å²) in [6.45, 7) is 4.17. The fourth-order valence-corrected chi connectivity index (χ4v) is 2.99. The number of thiocarbonyl (C=S) groups is 1. The number of hydrogen-bond acceptors (Lipinski definition) is 1. The lowest BCUT2D eigenvalue weighted by Crippen LogP contribution is -2.33. The van der Waals surface area contributed by atoms with Crippen LogP contribution >= 0.6 is 12.2 Å². The van der Waals surface area contributed by atoms with Crippen LogP contribution in [0.2, 0.25) is 0 Å². The van der Waals surface area contributed by atoms with E-state index in [0.717, 1.165) is 5.69 Å². The molecule has 0 saturated carbocycles. The topological polar surface area (TPSA) is 24.1 Å². The Kier molecular flexibility index (Phi) is 5.46. The van der Waals surface area contributed by atoms with Crippen molar-refractivity contribution < 1.29 is 0 Å². The van der Waals surface area contributed by atoms with Gasteiger partial charge in [0, 0.05) is 5.69 Å². The second kappa shape index (κ2) is 7.95. The maximum atomic E-state index is 5.58. The molecule has 0 fully saturated rings. The quantitative estimate of drug-likeness (QED) is 0.620. The minimum atomic E-state index is 0.00539. The lowest BCUT2D eigenvalue weighted by molar-refractivity contribution is 0.768. The predicted octanol–water partition coefficient (Wildman–Crippen LogP) is 5.38. The summed E-state index contributed by atoms with van der Waals surface area (Å²) in [4.78, 5) is 0. The van der Waals surface area contributed by atoms with Gasteiger partial charge in [0.15, 0.2) is 5.11 Å². The van der Waals surface area contributed by atoms with Gasteiger partial charge in [0.05, 0.1) is 6.04 Å². The summed E-state index contributed by atoms with van der Waals surface area (Å²) in [6, 6.07) is 27.1. The van der Waals surface area contributed by atoms with Crippen LogP contribution in [0.15, 0.2) is 78.9 Å². The first-order valence-corrected chi connectivity index (χ1v) is 8.79. The highest BCUT2D eigenvalue weighted by Crippen LogP contribution is 2.23. The molecule has 25 heavy (non-hydrogen) atoms. The molecule has 0 aliphatic carbocycles. The van der Waals surface area contributed by atoms with Crippen molar-refractivity contribution in [3.63, 3.8) is 0 Å². The van der Waals surface area contributed by atoms with Gasteiger partial charge in [0.25, 0.3) is 0 Å². The van der Waals surface area contributed by atoms with Gasteiger partial charge in [-0.1, -0.05) is 78.4 Å². The zero-order valence-electron chi connectivity index (χ0n) is 14.5. The molecule has 1 atom stereocenters. The normalized spacial score (nSPS) is 11.6. The summed E-state index contributed by atoms with van der Waals surface area (Å²) in [6.07, 6.45) is 0. The third kappa shape index (κ3) is 4.46. The van der Waals surface area contributed by atoms with Crippen molar-refractivity contribution in [2.45, 2.75) is 19.9 Å². The molecule has 0 amide bonds. The standard InChI is InChI=1S/C22H22N2S/c1-16-12-14-19(15-13-16)21(18-9-4-3-5-10-18)24-22(25)23-20-11-7-6-8-17(20)2/h3-15,21H,1-2H3,(H2,23,24,25)/t21-/m0/s1. The van der Waals surface area contributed by atoms with Crippen LogP contribution in [0.4, 0.5) is 5.69 Å². The van der Waals surface area contributed by atoms with Crippen LogP contribution in [0.25, 0.3) is 0 Å². The summed E-state index contributed by atoms with van der Waals surface area (Å²) < 4.78 is 0. The average molecular weight is 346 g/mol. The second-order valence-electron chi connectivity index (χ2n) is 6.17. The van der Waals surface area contributed by atoms with Crippen molar-refractivity contribution in [3.05, 3.63) is 101 Å². The van der Waals surface area contributed by atoms with Crippen molar-refractivity contribution in [1.82, 2.24) is 5.32 Å². The van der Waals surface area contributed by atoms with E-state index >= 15 is 0 Å². The number of hydrogen-bond donors (Lipinski definition) is 2. The number of anilines is 1. The first-order valence-electron chi connectivity index (χ1n) is 8.38. The molecule has 126 valence electrons. The number of rotatable bonds is 4. The molecular weight excluding hydrogens is 324 g/mol. The fraction of sp³-hybridized carbons (Fsp3) is 0.136. The van der Waals surface area contributed by atoms with E-state index < -0.39 is 0 Å². The molecule has 0 aromatic heterocycles. The molecule has 0 radical (unpaired) electrons. The highest BCUT2D eigenvalue weighted by Gasteiger charge is 2.15. The maximum Gasteiger partial charge on any atom is 0.171 e. The Hall–Kier alpha value is -2.65. The van der Waals surface area contributed by atoms with Crippen molar-refractivity contribution >= 4 is 23.0 Å². The Bertz CT molecular complexity index is 841. The molecular formula is C22H22N2S. The predicted molar refractivity (Wildman–Crippen MR) is 110 cm³/mol. The molecule has 0 saturated heterocycles. The lowest BCUT2D eigenvalue weighted by atomic mass is 9.98. The Labute approximate surface area is 154 Å². The van der Waals surface area contributed by atoms with Gasteiger partial charge in [0.1, 0.15) is 0 Å². The summed E-state index contributed by atoms with van der Waals surface area (Å²) in [5.74, 6) is 0. The summed E-state index contributed by atoms with van der Waals surface area (Å²) in [5, 5.41) is 7.39. The fourth-order valence-electron chi connectivity index (χ4n) is 2.77. The van der Waals surface area contributed by atoms with E-state index in [-0.39, 0.29) is 6.04 Å². The largest absolute Gasteiger partial charge is 0.352 e. The number of para-hydroxylation sites is 1. The summed E-state index contributed by atoms with van der Waals surface area (Å²) >= 11 is 5.58. The molecule has 0 aliphatic heterocycles. The van der Waals surface area contributed by atoms with E-state index in [1.165, 1.54) is 22.3 Å². The third-order valence-electron chi connectivity index (χ3n) is 4.21. The Morgan fingerprint density at radius 3 is 2.04 bits per heavy atom. The molecule has 3 rings (SSSR count). The van der Waals surface area contributed by atoms with E-state index in [9.17, 15) is 0 Å². The molecule has 3 aromatic carbocycles. The van der Waals surface area contributed by atoms with Gasteiger partial charge in [-0.3, -0.25) is 0 Å². The molecule has 2 nitrogen and oxygen atoms in total. The van der Waals surface area contributed by atoms with Crippen LogP contribution in [-0.4, -0.2) is 5.11 Å². The van der Waals surface area contributed by atoms with E-state index in [0.29, 0.717) is 5.11 Å². The van der Waals surface area contributed by atoms with E-state index in [1.807, 2.05) is 24.3 Å². The van der Waals surface area contributed by atoms with Gasteiger partial charge in [-0.15, -0.1) is 0 Å².